The Morgan fingerprint density at radius 2 is 2.17 bits per heavy atom. The van der Waals surface area contributed by atoms with Gasteiger partial charge >= 0.3 is 0 Å². The number of rotatable bonds is 2. The molecule has 100 valence electrons. The smallest absolute Gasteiger partial charge is 0.244 e. The van der Waals surface area contributed by atoms with Gasteiger partial charge in [-0.1, -0.05) is 0 Å². The molecule has 0 radical (unpaired) electrons. The summed E-state index contributed by atoms with van der Waals surface area (Å²) >= 11 is 5.06. The monoisotopic (exact) mass is 350 g/mol. The molecule has 0 aromatic carbocycles. The minimum atomic E-state index is -3.43. The molecule has 1 aromatic heterocycles. The third-order valence-electron chi connectivity index (χ3n) is 2.71. The van der Waals surface area contributed by atoms with Gasteiger partial charge in [0, 0.05) is 40.5 Å². The van der Waals surface area contributed by atoms with E-state index in [1.54, 1.807) is 16.6 Å². The zero-order valence-corrected chi connectivity index (χ0v) is 13.5. The second-order valence-electron chi connectivity index (χ2n) is 4.79. The first-order chi connectivity index (χ1) is 8.31. The molecule has 4 nitrogen and oxygen atoms in total. The van der Waals surface area contributed by atoms with Crippen LogP contribution in [-0.2, 0) is 10.0 Å². The number of nitrogens with zero attached hydrogens (tertiary/aromatic N) is 2. The number of sulfonamides is 1. The normalized spacial score (nSPS) is 20.8. The third-order valence-corrected chi connectivity index (χ3v) is 6.25. The van der Waals surface area contributed by atoms with Gasteiger partial charge < -0.3 is 0 Å². The first-order valence-corrected chi connectivity index (χ1v) is 8.78. The Labute approximate surface area is 120 Å². The van der Waals surface area contributed by atoms with Crippen LogP contribution >= 0.6 is 27.7 Å². The molecule has 18 heavy (non-hydrogen) atoms. The van der Waals surface area contributed by atoms with Crippen LogP contribution in [0.3, 0.4) is 0 Å². The number of thioether (sulfide) groups is 1. The minimum Gasteiger partial charge on any atom is -0.262 e. The average Bonchev–Trinajstić information content (AvgIpc) is 2.27. The molecule has 0 N–H and O–H groups in total. The molecule has 0 bridgehead atoms. The highest BCUT2D eigenvalue weighted by atomic mass is 79.9. The summed E-state index contributed by atoms with van der Waals surface area (Å²) in [5, 5.41) is 0. The number of halogens is 1. The summed E-state index contributed by atoms with van der Waals surface area (Å²) in [5.74, 6) is 0.827. The predicted molar refractivity (Wildman–Crippen MR) is 77.2 cm³/mol. The first-order valence-electron chi connectivity index (χ1n) is 5.56. The van der Waals surface area contributed by atoms with Gasteiger partial charge in [-0.2, -0.15) is 16.1 Å². The highest BCUT2D eigenvalue weighted by Gasteiger charge is 2.34. The van der Waals surface area contributed by atoms with Gasteiger partial charge in [0.05, 0.1) is 0 Å². The molecule has 1 saturated heterocycles. The number of hydrogen-bond donors (Lipinski definition) is 0. The van der Waals surface area contributed by atoms with Crippen molar-refractivity contribution in [1.82, 2.24) is 9.29 Å². The molecule has 1 fully saturated rings. The summed E-state index contributed by atoms with van der Waals surface area (Å²) in [5.41, 5.74) is 0. The standard InChI is InChI=1S/C11H15BrN2O2S2/c1-11(2)8-14(3-4-17-11)18(15,16)10-5-9(12)6-13-7-10/h5-7H,3-4,8H2,1-2H3. The molecule has 0 unspecified atom stereocenters. The van der Waals surface area contributed by atoms with E-state index in [1.165, 1.54) is 6.20 Å². The van der Waals surface area contributed by atoms with E-state index in [-0.39, 0.29) is 9.64 Å². The maximum Gasteiger partial charge on any atom is 0.244 e. The van der Waals surface area contributed by atoms with Gasteiger partial charge in [0.15, 0.2) is 0 Å². The van der Waals surface area contributed by atoms with E-state index in [1.807, 2.05) is 11.8 Å². The lowest BCUT2D eigenvalue weighted by atomic mass is 10.2. The fourth-order valence-corrected chi connectivity index (χ4v) is 5.28. The Kier molecular flexibility index (Phi) is 4.06. The molecule has 0 atom stereocenters. The minimum absolute atomic E-state index is 0.0369. The van der Waals surface area contributed by atoms with E-state index in [4.69, 9.17) is 0 Å². The van der Waals surface area contributed by atoms with Crippen LogP contribution in [0.15, 0.2) is 27.8 Å². The van der Waals surface area contributed by atoms with Gasteiger partial charge in [-0.05, 0) is 35.8 Å². The van der Waals surface area contributed by atoms with Crippen molar-refractivity contribution >= 4 is 37.7 Å². The van der Waals surface area contributed by atoms with Crippen LogP contribution in [0.5, 0.6) is 0 Å². The van der Waals surface area contributed by atoms with Crippen molar-refractivity contribution in [2.24, 2.45) is 0 Å². The fraction of sp³-hybridized carbons (Fsp3) is 0.545. The van der Waals surface area contributed by atoms with E-state index in [2.05, 4.69) is 34.8 Å². The lowest BCUT2D eigenvalue weighted by molar-refractivity contribution is 0.387. The quantitative estimate of drug-likeness (QED) is 0.821. The molecule has 0 spiro atoms. The van der Waals surface area contributed by atoms with Crippen LogP contribution in [0, 0.1) is 0 Å². The zero-order chi connectivity index (χ0) is 13.4. The maximum atomic E-state index is 12.5. The molecule has 0 aliphatic carbocycles. The molecule has 7 heteroatoms. The van der Waals surface area contributed by atoms with Gasteiger partial charge in [0.1, 0.15) is 4.90 Å². The van der Waals surface area contributed by atoms with E-state index < -0.39 is 10.0 Å². The molecule has 1 aliphatic heterocycles. The predicted octanol–water partition coefficient (Wildman–Crippen LogP) is 2.36. The third kappa shape index (κ3) is 3.07. The zero-order valence-electron chi connectivity index (χ0n) is 10.3. The molecular formula is C11H15BrN2O2S2. The molecule has 1 aromatic rings. The molecule has 1 aliphatic rings. The molecule has 0 saturated carbocycles. The average molecular weight is 351 g/mol. The SMILES string of the molecule is CC1(C)CN(S(=O)(=O)c2cncc(Br)c2)CCS1. The second-order valence-corrected chi connectivity index (χ2v) is 9.44. The summed E-state index contributed by atoms with van der Waals surface area (Å²) < 4.78 is 27.2. The van der Waals surface area contributed by atoms with Gasteiger partial charge in [0.2, 0.25) is 10.0 Å². The number of hydrogen-bond acceptors (Lipinski definition) is 4. The van der Waals surface area contributed by atoms with Gasteiger partial charge in [-0.25, -0.2) is 8.42 Å². The van der Waals surface area contributed by atoms with E-state index in [9.17, 15) is 8.42 Å². The summed E-state index contributed by atoms with van der Waals surface area (Å²) in [6.07, 6.45) is 2.98. The Morgan fingerprint density at radius 3 is 2.78 bits per heavy atom. The summed E-state index contributed by atoms with van der Waals surface area (Å²) in [6, 6.07) is 1.59. The molecule has 2 heterocycles. The van der Waals surface area contributed by atoms with Crippen LogP contribution in [0.2, 0.25) is 0 Å². The number of pyridine rings is 1. The topological polar surface area (TPSA) is 50.3 Å². The lowest BCUT2D eigenvalue weighted by Crippen LogP contribution is -2.46. The molecular weight excluding hydrogens is 336 g/mol. The molecule has 0 amide bonds. The highest BCUT2D eigenvalue weighted by molar-refractivity contribution is 9.10. The Morgan fingerprint density at radius 1 is 1.44 bits per heavy atom. The van der Waals surface area contributed by atoms with E-state index in [0.717, 1.165) is 5.75 Å². The van der Waals surface area contributed by atoms with Crippen LogP contribution in [0.4, 0.5) is 0 Å². The van der Waals surface area contributed by atoms with Crippen molar-refractivity contribution in [2.45, 2.75) is 23.5 Å². The Bertz CT molecular complexity index is 546. The van der Waals surface area contributed by atoms with Crippen molar-refractivity contribution < 1.29 is 8.42 Å². The summed E-state index contributed by atoms with van der Waals surface area (Å²) in [4.78, 5) is 4.17. The largest absolute Gasteiger partial charge is 0.262 e. The summed E-state index contributed by atoms with van der Waals surface area (Å²) in [7, 11) is -3.43. The van der Waals surface area contributed by atoms with Crippen molar-refractivity contribution in [1.29, 1.82) is 0 Å². The van der Waals surface area contributed by atoms with Crippen LogP contribution in [0.1, 0.15) is 13.8 Å². The fourth-order valence-electron chi connectivity index (χ4n) is 1.86. The van der Waals surface area contributed by atoms with Crippen LogP contribution in [-0.4, -0.2) is 41.3 Å². The molecule has 2 rings (SSSR count). The Balaban J connectivity index is 2.31. The highest BCUT2D eigenvalue weighted by Crippen LogP contribution is 2.32. The van der Waals surface area contributed by atoms with Crippen LogP contribution in [0.25, 0.3) is 0 Å². The van der Waals surface area contributed by atoms with E-state index >= 15 is 0 Å². The Hall–Kier alpha value is -0.110. The number of aromatic nitrogens is 1. The van der Waals surface area contributed by atoms with Gasteiger partial charge in [-0.3, -0.25) is 4.98 Å². The lowest BCUT2D eigenvalue weighted by Gasteiger charge is -2.36. The summed E-state index contributed by atoms with van der Waals surface area (Å²) in [6.45, 7) is 5.23. The van der Waals surface area contributed by atoms with Crippen LogP contribution < -0.4 is 0 Å². The first kappa shape index (κ1) is 14.3. The second kappa shape index (κ2) is 5.11. The van der Waals surface area contributed by atoms with Gasteiger partial charge in [-0.15, -0.1) is 0 Å². The maximum absolute atomic E-state index is 12.5. The van der Waals surface area contributed by atoms with Crippen molar-refractivity contribution in [3.8, 4) is 0 Å². The van der Waals surface area contributed by atoms with Crippen molar-refractivity contribution in [3.63, 3.8) is 0 Å². The van der Waals surface area contributed by atoms with Crippen molar-refractivity contribution in [2.75, 3.05) is 18.8 Å². The van der Waals surface area contributed by atoms with E-state index in [0.29, 0.717) is 17.6 Å². The van der Waals surface area contributed by atoms with Gasteiger partial charge in [0.25, 0.3) is 0 Å². The van der Waals surface area contributed by atoms with Crippen molar-refractivity contribution in [3.05, 3.63) is 22.9 Å².